The average Bonchev–Trinajstić information content (AvgIpc) is 2.82. The number of aliphatic hydroxyl groups excluding tert-OH is 2. The first-order valence-electron chi connectivity index (χ1n) is 12.1. The number of rotatable bonds is 8. The molecule has 0 aliphatic heterocycles. The van der Waals surface area contributed by atoms with Crippen LogP contribution in [0.1, 0.15) is 64.8 Å². The molecule has 4 fully saturated rings. The Kier molecular flexibility index (Phi) is 6.08. The van der Waals surface area contributed by atoms with E-state index >= 15 is 0 Å². The monoisotopic (exact) mass is 465 g/mol. The van der Waals surface area contributed by atoms with Gasteiger partial charge in [0.25, 0.3) is 5.91 Å². The Labute approximate surface area is 198 Å². The van der Waals surface area contributed by atoms with Crippen molar-refractivity contribution in [1.29, 1.82) is 0 Å². The van der Waals surface area contributed by atoms with Gasteiger partial charge in [-0.25, -0.2) is 4.79 Å². The molecule has 2 aromatic rings. The molecule has 0 aromatic heterocycles. The predicted octanol–water partition coefficient (Wildman–Crippen LogP) is 3.84. The average molecular weight is 466 g/mol. The fraction of sp³-hybridized carbons (Fsp3) is 0.481. The molecule has 7 heteroatoms. The van der Waals surface area contributed by atoms with E-state index in [4.69, 9.17) is 9.84 Å². The fourth-order valence-electron chi connectivity index (χ4n) is 6.79. The SMILES string of the molecule is O=C(O)c1ccc(NC(=O)c2ccc(OCC(O)CO)c(C34CC5CC(CC(C5)C3)C4)c2)cc1. The minimum atomic E-state index is -1.01. The lowest BCUT2D eigenvalue weighted by atomic mass is 9.48. The normalized spacial score (nSPS) is 27.9. The van der Waals surface area contributed by atoms with E-state index in [9.17, 15) is 19.8 Å². The number of anilines is 1. The van der Waals surface area contributed by atoms with Crippen molar-refractivity contribution in [3.8, 4) is 5.75 Å². The van der Waals surface area contributed by atoms with E-state index in [0.717, 1.165) is 24.8 Å². The Morgan fingerprint density at radius 2 is 1.56 bits per heavy atom. The maximum absolute atomic E-state index is 13.1. The number of carbonyl (C=O) groups is 2. The first-order valence-corrected chi connectivity index (χ1v) is 12.1. The summed E-state index contributed by atoms with van der Waals surface area (Å²) in [6, 6.07) is 11.5. The summed E-state index contributed by atoms with van der Waals surface area (Å²) in [5.74, 6) is 1.54. The van der Waals surface area contributed by atoms with Crippen molar-refractivity contribution in [1.82, 2.24) is 0 Å². The third-order valence-corrected chi connectivity index (χ3v) is 7.88. The maximum atomic E-state index is 13.1. The molecule has 180 valence electrons. The Bertz CT molecular complexity index is 1040. The van der Waals surface area contributed by atoms with Gasteiger partial charge in [0.15, 0.2) is 0 Å². The molecule has 4 aliphatic carbocycles. The largest absolute Gasteiger partial charge is 0.490 e. The van der Waals surface area contributed by atoms with Crippen molar-refractivity contribution in [3.63, 3.8) is 0 Å². The van der Waals surface area contributed by atoms with Gasteiger partial charge in [0.05, 0.1) is 12.2 Å². The Morgan fingerprint density at radius 1 is 0.971 bits per heavy atom. The van der Waals surface area contributed by atoms with Crippen LogP contribution in [0.2, 0.25) is 0 Å². The second-order valence-corrected chi connectivity index (χ2v) is 10.4. The number of amides is 1. The van der Waals surface area contributed by atoms with E-state index in [2.05, 4.69) is 5.32 Å². The van der Waals surface area contributed by atoms with Gasteiger partial charge in [-0.3, -0.25) is 4.79 Å². The number of benzene rings is 2. The van der Waals surface area contributed by atoms with E-state index in [1.165, 1.54) is 31.4 Å². The predicted molar refractivity (Wildman–Crippen MR) is 126 cm³/mol. The molecule has 2 aromatic carbocycles. The smallest absolute Gasteiger partial charge is 0.335 e. The van der Waals surface area contributed by atoms with Gasteiger partial charge >= 0.3 is 5.97 Å². The third kappa shape index (κ3) is 4.42. The molecule has 4 aliphatic rings. The van der Waals surface area contributed by atoms with Crippen LogP contribution in [0.4, 0.5) is 5.69 Å². The number of nitrogens with one attached hydrogen (secondary N) is 1. The zero-order valence-electron chi connectivity index (χ0n) is 19.1. The molecule has 0 heterocycles. The van der Waals surface area contributed by atoms with E-state index in [1.54, 1.807) is 24.3 Å². The number of carboxylic acids is 1. The van der Waals surface area contributed by atoms with Crippen molar-refractivity contribution in [2.24, 2.45) is 17.8 Å². The molecule has 34 heavy (non-hydrogen) atoms. The van der Waals surface area contributed by atoms with Gasteiger partial charge in [-0.15, -0.1) is 0 Å². The van der Waals surface area contributed by atoms with Crippen LogP contribution in [0.3, 0.4) is 0 Å². The summed E-state index contributed by atoms with van der Waals surface area (Å²) in [6.45, 7) is -0.370. The zero-order chi connectivity index (χ0) is 23.9. The van der Waals surface area contributed by atoms with Crippen LogP contribution >= 0.6 is 0 Å². The van der Waals surface area contributed by atoms with Gasteiger partial charge in [-0.1, -0.05) is 0 Å². The Morgan fingerprint density at radius 3 is 2.12 bits per heavy atom. The lowest BCUT2D eigenvalue weighted by molar-refractivity contribution is -0.00739. The summed E-state index contributed by atoms with van der Waals surface area (Å²) < 4.78 is 5.97. The van der Waals surface area contributed by atoms with Gasteiger partial charge in [-0.05, 0) is 104 Å². The maximum Gasteiger partial charge on any atom is 0.335 e. The van der Waals surface area contributed by atoms with Gasteiger partial charge in [0.1, 0.15) is 18.5 Å². The van der Waals surface area contributed by atoms with Crippen molar-refractivity contribution < 1.29 is 29.6 Å². The molecule has 6 rings (SSSR count). The van der Waals surface area contributed by atoms with Gasteiger partial charge in [-0.2, -0.15) is 0 Å². The molecule has 4 N–H and O–H groups in total. The Balaban J connectivity index is 1.44. The van der Waals surface area contributed by atoms with Crippen LogP contribution in [0.15, 0.2) is 42.5 Å². The van der Waals surface area contributed by atoms with Crippen LogP contribution in [0.5, 0.6) is 5.75 Å². The van der Waals surface area contributed by atoms with Crippen molar-refractivity contribution in [3.05, 3.63) is 59.2 Å². The molecule has 0 spiro atoms. The Hall–Kier alpha value is -2.90. The van der Waals surface area contributed by atoms with Crippen LogP contribution in [0.25, 0.3) is 0 Å². The van der Waals surface area contributed by atoms with Crippen LogP contribution < -0.4 is 10.1 Å². The van der Waals surface area contributed by atoms with E-state index in [-0.39, 0.29) is 30.1 Å². The van der Waals surface area contributed by atoms with Crippen molar-refractivity contribution >= 4 is 17.6 Å². The van der Waals surface area contributed by atoms with Crippen LogP contribution in [0, 0.1) is 17.8 Å². The second-order valence-electron chi connectivity index (χ2n) is 10.4. The van der Waals surface area contributed by atoms with Crippen molar-refractivity contribution in [2.75, 3.05) is 18.5 Å². The highest BCUT2D eigenvalue weighted by molar-refractivity contribution is 6.04. The zero-order valence-corrected chi connectivity index (χ0v) is 19.1. The number of carbonyl (C=O) groups excluding carboxylic acids is 1. The number of hydrogen-bond acceptors (Lipinski definition) is 5. The first kappa shape index (κ1) is 22.9. The molecule has 4 bridgehead atoms. The second kappa shape index (κ2) is 9.04. The molecule has 7 nitrogen and oxygen atoms in total. The number of ether oxygens (including phenoxy) is 1. The first-order chi connectivity index (χ1) is 16.3. The summed E-state index contributed by atoms with van der Waals surface area (Å²) in [5.41, 5.74) is 2.22. The minimum Gasteiger partial charge on any atom is -0.490 e. The molecule has 1 unspecified atom stereocenters. The molecule has 4 saturated carbocycles. The summed E-state index contributed by atoms with van der Waals surface area (Å²) in [5, 5.41) is 31.0. The minimum absolute atomic E-state index is 0.00264. The molecule has 0 radical (unpaired) electrons. The number of carboxylic acid groups (broad SMARTS) is 1. The van der Waals surface area contributed by atoms with Crippen LogP contribution in [-0.2, 0) is 5.41 Å². The molecular formula is C27H31NO6. The van der Waals surface area contributed by atoms with E-state index < -0.39 is 12.1 Å². The van der Waals surface area contributed by atoms with Crippen LogP contribution in [-0.4, -0.2) is 46.5 Å². The summed E-state index contributed by atoms with van der Waals surface area (Å²) in [4.78, 5) is 24.2. The van der Waals surface area contributed by atoms with E-state index in [0.29, 0.717) is 34.8 Å². The third-order valence-electron chi connectivity index (χ3n) is 7.88. The number of aromatic carboxylic acids is 1. The highest BCUT2D eigenvalue weighted by atomic mass is 16.5. The molecule has 1 amide bonds. The number of aliphatic hydroxyl groups is 2. The molecular weight excluding hydrogens is 434 g/mol. The van der Waals surface area contributed by atoms with Gasteiger partial charge in [0.2, 0.25) is 0 Å². The van der Waals surface area contributed by atoms with Gasteiger partial charge < -0.3 is 25.4 Å². The topological polar surface area (TPSA) is 116 Å². The number of hydrogen-bond donors (Lipinski definition) is 4. The standard InChI is InChI=1S/C27H31NO6/c29-14-22(30)15-34-24-6-3-20(25(31)28-21-4-1-19(2-5-21)26(32)33)10-23(24)27-11-16-7-17(12-27)9-18(8-16)13-27/h1-6,10,16-18,22,29-30H,7-9,11-15H2,(H,28,31)(H,32,33). The molecule has 1 atom stereocenters. The summed E-state index contributed by atoms with van der Waals surface area (Å²) >= 11 is 0. The quantitative estimate of drug-likeness (QED) is 0.471. The van der Waals surface area contributed by atoms with Gasteiger partial charge in [0, 0.05) is 16.8 Å². The fourth-order valence-corrected chi connectivity index (χ4v) is 6.79. The summed E-state index contributed by atoms with van der Waals surface area (Å²) in [7, 11) is 0. The van der Waals surface area contributed by atoms with Crippen molar-refractivity contribution in [2.45, 2.75) is 50.0 Å². The lowest BCUT2D eigenvalue weighted by Crippen LogP contribution is -2.48. The summed E-state index contributed by atoms with van der Waals surface area (Å²) in [6.07, 6.45) is 6.22. The highest BCUT2D eigenvalue weighted by Gasteiger charge is 2.52. The highest BCUT2D eigenvalue weighted by Crippen LogP contribution is 2.62. The lowest BCUT2D eigenvalue weighted by Gasteiger charge is -2.57. The molecule has 0 saturated heterocycles. The van der Waals surface area contributed by atoms with E-state index in [1.807, 2.05) is 6.07 Å².